The van der Waals surface area contributed by atoms with Gasteiger partial charge < -0.3 is 10.4 Å². The highest BCUT2D eigenvalue weighted by Crippen LogP contribution is 2.24. The van der Waals surface area contributed by atoms with E-state index in [-0.39, 0.29) is 17.9 Å². The van der Waals surface area contributed by atoms with E-state index in [1.165, 1.54) is 6.33 Å². The Morgan fingerprint density at radius 3 is 3.11 bits per heavy atom. The Hall–Kier alpha value is -1.43. The minimum absolute atomic E-state index is 0.0340. The first kappa shape index (κ1) is 13.0. The molecule has 1 amide bonds. The maximum Gasteiger partial charge on any atom is 0.223 e. The van der Waals surface area contributed by atoms with Crippen molar-refractivity contribution < 1.29 is 9.90 Å². The van der Waals surface area contributed by atoms with Crippen LogP contribution in [-0.2, 0) is 18.3 Å². The standard InChI is InChI=1S/C12H20N4O2/c1-16-11(14-8-15-16)5-6-13-12(18)9-3-2-4-10(17)7-9/h8-10,17H,2-7H2,1H3,(H,13,18)/t9-,10-/m0/s1. The molecule has 0 bridgehead atoms. The largest absolute Gasteiger partial charge is 0.393 e. The average Bonchev–Trinajstić information content (AvgIpc) is 2.75. The Balaban J connectivity index is 1.73. The highest BCUT2D eigenvalue weighted by molar-refractivity contribution is 5.78. The molecule has 0 saturated heterocycles. The zero-order valence-electron chi connectivity index (χ0n) is 10.7. The molecular formula is C12H20N4O2. The summed E-state index contributed by atoms with van der Waals surface area (Å²) in [6.45, 7) is 0.567. The fourth-order valence-electron chi connectivity index (χ4n) is 2.39. The second-order valence-electron chi connectivity index (χ2n) is 4.86. The molecule has 100 valence electrons. The Morgan fingerprint density at radius 1 is 1.61 bits per heavy atom. The van der Waals surface area contributed by atoms with Crippen LogP contribution in [0.2, 0.25) is 0 Å². The van der Waals surface area contributed by atoms with Crippen LogP contribution in [0.1, 0.15) is 31.5 Å². The van der Waals surface area contributed by atoms with Gasteiger partial charge in [-0.3, -0.25) is 9.48 Å². The van der Waals surface area contributed by atoms with Crippen LogP contribution in [0, 0.1) is 5.92 Å². The first-order valence-electron chi connectivity index (χ1n) is 6.45. The van der Waals surface area contributed by atoms with Crippen LogP contribution in [0.4, 0.5) is 0 Å². The van der Waals surface area contributed by atoms with Crippen molar-refractivity contribution in [1.82, 2.24) is 20.1 Å². The number of amides is 1. The molecule has 2 N–H and O–H groups in total. The molecule has 0 spiro atoms. The molecule has 2 rings (SSSR count). The van der Waals surface area contributed by atoms with Crippen molar-refractivity contribution in [3.63, 3.8) is 0 Å². The van der Waals surface area contributed by atoms with Gasteiger partial charge in [0.15, 0.2) is 0 Å². The predicted octanol–water partition coefficient (Wildman–Crippen LogP) is 0.0249. The van der Waals surface area contributed by atoms with E-state index >= 15 is 0 Å². The van der Waals surface area contributed by atoms with Gasteiger partial charge in [-0.05, 0) is 19.3 Å². The Kier molecular flexibility index (Phi) is 4.30. The molecule has 1 aromatic rings. The molecule has 1 aromatic heterocycles. The molecule has 0 aliphatic heterocycles. The second-order valence-corrected chi connectivity index (χ2v) is 4.86. The summed E-state index contributed by atoms with van der Waals surface area (Å²) < 4.78 is 1.70. The van der Waals surface area contributed by atoms with Crippen molar-refractivity contribution >= 4 is 5.91 Å². The summed E-state index contributed by atoms with van der Waals surface area (Å²) in [7, 11) is 1.83. The molecule has 18 heavy (non-hydrogen) atoms. The van der Waals surface area contributed by atoms with Crippen LogP contribution in [0.3, 0.4) is 0 Å². The number of hydrogen-bond donors (Lipinski definition) is 2. The first-order chi connectivity index (χ1) is 8.66. The van der Waals surface area contributed by atoms with Crippen molar-refractivity contribution in [3.8, 4) is 0 Å². The number of nitrogens with one attached hydrogen (secondary N) is 1. The zero-order chi connectivity index (χ0) is 13.0. The molecule has 1 aliphatic carbocycles. The normalized spacial score (nSPS) is 23.9. The van der Waals surface area contributed by atoms with Crippen LogP contribution < -0.4 is 5.32 Å². The summed E-state index contributed by atoms with van der Waals surface area (Å²) in [5.41, 5.74) is 0. The fourth-order valence-corrected chi connectivity index (χ4v) is 2.39. The van der Waals surface area contributed by atoms with E-state index in [0.29, 0.717) is 19.4 Å². The van der Waals surface area contributed by atoms with E-state index in [1.54, 1.807) is 4.68 Å². The number of nitrogens with zero attached hydrogens (tertiary/aromatic N) is 3. The summed E-state index contributed by atoms with van der Waals surface area (Å²) >= 11 is 0. The summed E-state index contributed by atoms with van der Waals surface area (Å²) in [5, 5.41) is 16.4. The minimum atomic E-state index is -0.312. The lowest BCUT2D eigenvalue weighted by molar-refractivity contribution is -0.127. The third-order valence-electron chi connectivity index (χ3n) is 3.47. The number of rotatable bonds is 4. The monoisotopic (exact) mass is 252 g/mol. The van der Waals surface area contributed by atoms with Crippen LogP contribution in [0.25, 0.3) is 0 Å². The van der Waals surface area contributed by atoms with Crippen molar-refractivity contribution in [2.24, 2.45) is 13.0 Å². The quantitative estimate of drug-likeness (QED) is 0.792. The molecule has 1 fully saturated rings. The number of aromatic nitrogens is 3. The predicted molar refractivity (Wildman–Crippen MR) is 65.7 cm³/mol. The second kappa shape index (κ2) is 5.95. The van der Waals surface area contributed by atoms with Gasteiger partial charge in [-0.1, -0.05) is 6.42 Å². The van der Waals surface area contributed by atoms with Gasteiger partial charge in [0.2, 0.25) is 5.91 Å². The molecule has 2 atom stereocenters. The van der Waals surface area contributed by atoms with Crippen LogP contribution in [-0.4, -0.2) is 38.4 Å². The number of hydrogen-bond acceptors (Lipinski definition) is 4. The fraction of sp³-hybridized carbons (Fsp3) is 0.750. The van der Waals surface area contributed by atoms with Gasteiger partial charge >= 0.3 is 0 Å². The topological polar surface area (TPSA) is 80.0 Å². The van der Waals surface area contributed by atoms with Gasteiger partial charge in [0.05, 0.1) is 6.10 Å². The van der Waals surface area contributed by atoms with Gasteiger partial charge in [-0.2, -0.15) is 5.10 Å². The number of carbonyl (C=O) groups is 1. The SMILES string of the molecule is Cn1ncnc1CCNC(=O)[C@H]1CCC[C@H](O)C1. The molecule has 1 aliphatic rings. The molecule has 0 aromatic carbocycles. The third-order valence-corrected chi connectivity index (χ3v) is 3.47. The molecule has 6 heteroatoms. The van der Waals surface area contributed by atoms with E-state index in [1.807, 2.05) is 7.05 Å². The maximum absolute atomic E-state index is 11.9. The number of aryl methyl sites for hydroxylation is 1. The van der Waals surface area contributed by atoms with Crippen LogP contribution in [0.5, 0.6) is 0 Å². The lowest BCUT2D eigenvalue weighted by atomic mass is 9.87. The summed E-state index contributed by atoms with van der Waals surface area (Å²) in [6, 6.07) is 0. The van der Waals surface area contributed by atoms with Gasteiger partial charge in [-0.15, -0.1) is 0 Å². The van der Waals surface area contributed by atoms with Crippen molar-refractivity contribution in [2.45, 2.75) is 38.2 Å². The molecule has 6 nitrogen and oxygen atoms in total. The Morgan fingerprint density at radius 2 is 2.44 bits per heavy atom. The van der Waals surface area contributed by atoms with Gasteiger partial charge in [0.25, 0.3) is 0 Å². The lowest BCUT2D eigenvalue weighted by Crippen LogP contribution is -2.36. The van der Waals surface area contributed by atoms with Crippen molar-refractivity contribution in [1.29, 1.82) is 0 Å². The van der Waals surface area contributed by atoms with Crippen molar-refractivity contribution in [2.75, 3.05) is 6.54 Å². The average molecular weight is 252 g/mol. The zero-order valence-corrected chi connectivity index (χ0v) is 10.7. The minimum Gasteiger partial charge on any atom is -0.393 e. The Labute approximate surface area is 106 Å². The number of carbonyl (C=O) groups excluding carboxylic acids is 1. The molecule has 1 heterocycles. The van der Waals surface area contributed by atoms with E-state index < -0.39 is 0 Å². The first-order valence-corrected chi connectivity index (χ1v) is 6.45. The van der Waals surface area contributed by atoms with E-state index in [0.717, 1.165) is 25.1 Å². The van der Waals surface area contributed by atoms with Crippen LogP contribution >= 0.6 is 0 Å². The highest BCUT2D eigenvalue weighted by Gasteiger charge is 2.25. The maximum atomic E-state index is 11.9. The molecular weight excluding hydrogens is 232 g/mol. The van der Waals surface area contributed by atoms with Gasteiger partial charge in [-0.25, -0.2) is 4.98 Å². The van der Waals surface area contributed by atoms with Crippen molar-refractivity contribution in [3.05, 3.63) is 12.2 Å². The van der Waals surface area contributed by atoms with Gasteiger partial charge in [0.1, 0.15) is 12.2 Å². The summed E-state index contributed by atoms with van der Waals surface area (Å²) in [6.07, 6.45) is 5.10. The summed E-state index contributed by atoms with van der Waals surface area (Å²) in [5.74, 6) is 0.878. The molecule has 0 unspecified atom stereocenters. The van der Waals surface area contributed by atoms with Crippen LogP contribution in [0.15, 0.2) is 6.33 Å². The lowest BCUT2D eigenvalue weighted by Gasteiger charge is -2.24. The smallest absolute Gasteiger partial charge is 0.223 e. The Bertz CT molecular complexity index is 405. The number of aliphatic hydroxyl groups is 1. The highest BCUT2D eigenvalue weighted by atomic mass is 16.3. The summed E-state index contributed by atoms with van der Waals surface area (Å²) in [4.78, 5) is 16.0. The van der Waals surface area contributed by atoms with Gasteiger partial charge in [0, 0.05) is 25.9 Å². The number of aliphatic hydroxyl groups excluding tert-OH is 1. The van der Waals surface area contributed by atoms with E-state index in [4.69, 9.17) is 0 Å². The third kappa shape index (κ3) is 3.29. The van der Waals surface area contributed by atoms with E-state index in [2.05, 4.69) is 15.4 Å². The van der Waals surface area contributed by atoms with E-state index in [9.17, 15) is 9.90 Å². The molecule has 0 radical (unpaired) electrons. The molecule has 1 saturated carbocycles.